The number of carbonyl (C=O) groups is 5. The molecule has 1 aromatic carbocycles. The van der Waals surface area contributed by atoms with Crippen LogP contribution in [-0.4, -0.2) is 125 Å². The number of likely N-dealkylation sites (N-methyl/N-ethyl adjacent to an activating group) is 1. The number of fused-ring (bicyclic) bond motifs is 3. The lowest BCUT2D eigenvalue weighted by Crippen LogP contribution is -2.63. The summed E-state index contributed by atoms with van der Waals surface area (Å²) in [5.74, 6) is -7.41. The number of hydrogen-bond acceptors (Lipinski definition) is 13. The minimum atomic E-state index is -2.77. The van der Waals surface area contributed by atoms with Crippen molar-refractivity contribution in [3.8, 4) is 5.75 Å². The zero-order valence-corrected chi connectivity index (χ0v) is 30.1. The standard InChI is InChI=1S/C35H47N5O11/c1-15-20(37-32(47)51-15)13-50-33(48)40(14-34(2,3)4)12-17-11-21(38(5)6)18-9-16-10-19-25(39(7)8)28(43)24(31(36)46)30(45)35(19,49)29(44)22(16)27(42)23(18)26(17)41/h11,15-16,19-20,25,41,43-44,49H,9-10,12-14H2,1-8H3,(H2,36,46)(H,37,47)/t15?,16-,19-,20?,25-,35-/m0/s1. The highest BCUT2D eigenvalue weighted by Gasteiger charge is 2.63. The molecule has 16 nitrogen and oxygen atoms in total. The normalized spacial score (nSPS) is 27.4. The van der Waals surface area contributed by atoms with Crippen LogP contribution in [0.15, 0.2) is 28.7 Å². The first-order valence-corrected chi connectivity index (χ1v) is 16.7. The number of aliphatic hydroxyl groups is 3. The van der Waals surface area contributed by atoms with Crippen molar-refractivity contribution < 1.29 is 53.9 Å². The van der Waals surface area contributed by atoms with E-state index in [1.54, 1.807) is 46.1 Å². The summed E-state index contributed by atoms with van der Waals surface area (Å²) in [5, 5.41) is 49.0. The Bertz CT molecular complexity index is 1760. The minimum absolute atomic E-state index is 0.0442. The fourth-order valence-corrected chi connectivity index (χ4v) is 7.82. The van der Waals surface area contributed by atoms with Gasteiger partial charge in [0.1, 0.15) is 41.6 Å². The Kier molecular flexibility index (Phi) is 9.58. The van der Waals surface area contributed by atoms with Gasteiger partial charge in [0.25, 0.3) is 5.91 Å². The molecule has 278 valence electrons. The van der Waals surface area contributed by atoms with Crippen LogP contribution in [0.3, 0.4) is 0 Å². The number of anilines is 1. The van der Waals surface area contributed by atoms with Crippen LogP contribution in [0.5, 0.6) is 5.75 Å². The van der Waals surface area contributed by atoms with Crippen LogP contribution in [0.2, 0.25) is 0 Å². The van der Waals surface area contributed by atoms with Crippen molar-refractivity contribution in [1.29, 1.82) is 0 Å². The first-order valence-electron chi connectivity index (χ1n) is 16.7. The lowest BCUT2D eigenvalue weighted by molar-refractivity contribution is -0.148. The summed E-state index contributed by atoms with van der Waals surface area (Å²) in [6.45, 7) is 7.21. The Labute approximate surface area is 295 Å². The molecule has 7 N–H and O–H groups in total. The maximum absolute atomic E-state index is 14.4. The van der Waals surface area contributed by atoms with Crippen LogP contribution in [0, 0.1) is 17.3 Å². The molecule has 1 aliphatic heterocycles. The predicted octanol–water partition coefficient (Wildman–Crippen LogP) is 1.67. The third-order valence-corrected chi connectivity index (χ3v) is 10.1. The highest BCUT2D eigenvalue weighted by atomic mass is 16.6. The Balaban J connectivity index is 1.58. The number of phenols is 1. The predicted molar refractivity (Wildman–Crippen MR) is 182 cm³/mol. The minimum Gasteiger partial charge on any atom is -0.510 e. The Morgan fingerprint density at radius 2 is 1.76 bits per heavy atom. The van der Waals surface area contributed by atoms with Crippen molar-refractivity contribution in [1.82, 2.24) is 15.1 Å². The molecule has 1 aromatic rings. The number of nitrogens with one attached hydrogen (secondary N) is 1. The highest BCUT2D eigenvalue weighted by Crippen LogP contribution is 2.53. The number of amides is 3. The van der Waals surface area contributed by atoms with Gasteiger partial charge in [0.2, 0.25) is 5.78 Å². The van der Waals surface area contributed by atoms with Crippen LogP contribution in [0.1, 0.15) is 55.6 Å². The molecule has 0 aromatic heterocycles. The maximum Gasteiger partial charge on any atom is 0.410 e. The van der Waals surface area contributed by atoms with Crippen LogP contribution < -0.4 is 16.0 Å². The number of benzene rings is 1. The molecule has 6 atom stereocenters. The van der Waals surface area contributed by atoms with E-state index >= 15 is 0 Å². The van der Waals surface area contributed by atoms with E-state index in [0.29, 0.717) is 11.3 Å². The second-order valence-corrected chi connectivity index (χ2v) is 15.5. The number of ether oxygens (including phenoxy) is 2. The summed E-state index contributed by atoms with van der Waals surface area (Å²) < 4.78 is 10.6. The molecule has 3 aliphatic carbocycles. The van der Waals surface area contributed by atoms with Crippen LogP contribution in [0.25, 0.3) is 0 Å². The number of nitrogens with two attached hydrogens (primary N) is 1. The molecule has 0 bridgehead atoms. The van der Waals surface area contributed by atoms with E-state index in [2.05, 4.69) is 5.32 Å². The van der Waals surface area contributed by atoms with E-state index in [4.69, 9.17) is 15.2 Å². The summed E-state index contributed by atoms with van der Waals surface area (Å²) in [6.07, 6.45) is -1.81. The Morgan fingerprint density at radius 3 is 2.29 bits per heavy atom. The quantitative estimate of drug-likeness (QED) is 0.211. The molecule has 1 fully saturated rings. The molecule has 3 amide bonds. The number of hydrogen-bond donors (Lipinski definition) is 6. The van der Waals surface area contributed by atoms with Crippen molar-refractivity contribution in [2.75, 3.05) is 46.2 Å². The molecular weight excluding hydrogens is 666 g/mol. The van der Waals surface area contributed by atoms with E-state index in [-0.39, 0.29) is 49.2 Å². The fraction of sp³-hybridized carbons (Fsp3) is 0.571. The van der Waals surface area contributed by atoms with Gasteiger partial charge in [-0.05, 0) is 56.8 Å². The van der Waals surface area contributed by atoms with E-state index in [9.17, 15) is 44.4 Å². The number of rotatable bonds is 8. The van der Waals surface area contributed by atoms with Gasteiger partial charge >= 0.3 is 12.2 Å². The summed E-state index contributed by atoms with van der Waals surface area (Å²) >= 11 is 0. The van der Waals surface area contributed by atoms with Gasteiger partial charge in [0, 0.05) is 43.4 Å². The average molecular weight is 714 g/mol. The number of carbonyl (C=O) groups excluding carboxylic acids is 5. The van der Waals surface area contributed by atoms with Crippen LogP contribution >= 0.6 is 0 Å². The Hall–Kier alpha value is -4.83. The summed E-state index contributed by atoms with van der Waals surface area (Å²) in [4.78, 5) is 70.1. The number of nitrogens with zero attached hydrogens (tertiary/aromatic N) is 3. The fourth-order valence-electron chi connectivity index (χ4n) is 7.82. The van der Waals surface area contributed by atoms with Gasteiger partial charge in [-0.1, -0.05) is 20.8 Å². The van der Waals surface area contributed by atoms with Crippen LogP contribution in [0.4, 0.5) is 15.3 Å². The molecule has 51 heavy (non-hydrogen) atoms. The molecule has 2 unspecified atom stereocenters. The smallest absolute Gasteiger partial charge is 0.410 e. The number of Topliss-reactive ketones (excluding diaryl/α,β-unsaturated/α-hetero) is 2. The molecule has 0 spiro atoms. The third-order valence-electron chi connectivity index (χ3n) is 10.1. The van der Waals surface area contributed by atoms with E-state index < -0.39 is 93.5 Å². The highest BCUT2D eigenvalue weighted by molar-refractivity contribution is 6.25. The molecule has 4 aliphatic rings. The number of alkyl carbamates (subject to hydrolysis) is 1. The largest absolute Gasteiger partial charge is 0.510 e. The number of primary amides is 1. The second kappa shape index (κ2) is 13.1. The van der Waals surface area contributed by atoms with Crippen molar-refractivity contribution in [2.24, 2.45) is 23.0 Å². The van der Waals surface area contributed by atoms with E-state index in [0.717, 1.165) is 0 Å². The van der Waals surface area contributed by atoms with Gasteiger partial charge in [-0.15, -0.1) is 0 Å². The van der Waals surface area contributed by atoms with E-state index in [1.807, 2.05) is 20.8 Å². The van der Waals surface area contributed by atoms with Gasteiger partial charge in [-0.2, -0.15) is 0 Å². The zero-order chi connectivity index (χ0) is 38.1. The molecule has 5 rings (SSSR count). The van der Waals surface area contributed by atoms with Gasteiger partial charge in [-0.3, -0.25) is 19.3 Å². The summed E-state index contributed by atoms with van der Waals surface area (Å²) in [6, 6.07) is 0.00855. The SMILES string of the molecule is CC1OC(=O)NC1COC(=O)N(Cc1cc(N(C)C)c2c(c1O)C(=O)C1=C(O)[C@]3(O)C(=O)C(C(N)=O)=C(O)[C@@H](N(C)C)[C@@H]3C[C@@H]1C2)CC(C)(C)C. The van der Waals surface area contributed by atoms with Gasteiger partial charge in [-0.25, -0.2) is 9.59 Å². The second-order valence-electron chi connectivity index (χ2n) is 15.5. The maximum atomic E-state index is 14.4. The number of ketones is 2. The molecule has 0 saturated carbocycles. The van der Waals surface area contributed by atoms with Crippen molar-refractivity contribution in [2.45, 2.75) is 70.9 Å². The van der Waals surface area contributed by atoms with E-state index in [1.165, 1.54) is 9.80 Å². The molecule has 0 radical (unpaired) electrons. The van der Waals surface area contributed by atoms with Crippen molar-refractivity contribution in [3.63, 3.8) is 0 Å². The number of cyclic esters (lactones) is 1. The van der Waals surface area contributed by atoms with Crippen LogP contribution in [-0.2, 0) is 32.0 Å². The number of aliphatic hydroxyl groups excluding tert-OH is 2. The molecule has 1 saturated heterocycles. The Morgan fingerprint density at radius 1 is 1.12 bits per heavy atom. The summed E-state index contributed by atoms with van der Waals surface area (Å²) in [7, 11) is 6.63. The monoisotopic (exact) mass is 713 g/mol. The lowest BCUT2D eigenvalue weighted by atomic mass is 9.58. The molecular formula is C35H47N5O11. The lowest BCUT2D eigenvalue weighted by Gasteiger charge is -2.50. The average Bonchev–Trinajstić information content (AvgIpc) is 3.33. The first-order chi connectivity index (χ1) is 23.6. The third kappa shape index (κ3) is 6.35. The van der Waals surface area contributed by atoms with Gasteiger partial charge in [0.15, 0.2) is 11.4 Å². The van der Waals surface area contributed by atoms with Gasteiger partial charge < -0.3 is 50.8 Å². The van der Waals surface area contributed by atoms with Crippen molar-refractivity contribution in [3.05, 3.63) is 45.4 Å². The topological polar surface area (TPSA) is 232 Å². The molecule has 16 heteroatoms. The number of phenolic OH excluding ortho intramolecular Hbond substituents is 1. The van der Waals surface area contributed by atoms with Gasteiger partial charge in [0.05, 0.1) is 18.2 Å². The number of allylic oxidation sites excluding steroid dienone is 1. The summed E-state index contributed by atoms with van der Waals surface area (Å²) in [5.41, 5.74) is 2.10. The first kappa shape index (κ1) is 37.4. The molecule has 1 heterocycles. The zero-order valence-electron chi connectivity index (χ0n) is 30.1. The number of aromatic hydroxyl groups is 1. The van der Waals surface area contributed by atoms with Crippen molar-refractivity contribution >= 4 is 35.3 Å².